The molecule has 0 aliphatic rings. The molecule has 0 N–H and O–H groups in total. The molecule has 1 aromatic carbocycles. The van der Waals surface area contributed by atoms with Gasteiger partial charge in [-0.25, -0.2) is 4.68 Å². The number of aromatic nitrogens is 2. The van der Waals surface area contributed by atoms with Crippen molar-refractivity contribution in [3.05, 3.63) is 62.0 Å². The van der Waals surface area contributed by atoms with Crippen LogP contribution in [0.2, 0.25) is 10.0 Å². The summed E-state index contributed by atoms with van der Waals surface area (Å²) in [6, 6.07) is 9.48. The molecule has 0 atom stereocenters. The van der Waals surface area contributed by atoms with Crippen molar-refractivity contribution >= 4 is 23.2 Å². The lowest BCUT2D eigenvalue weighted by molar-refractivity contribution is 0.176. The third-order valence-electron chi connectivity index (χ3n) is 3.63. The van der Waals surface area contributed by atoms with Gasteiger partial charge in [0.2, 0.25) is 0 Å². The highest BCUT2D eigenvalue weighted by Crippen LogP contribution is 2.15. The second-order valence-electron chi connectivity index (χ2n) is 5.92. The zero-order valence-electron chi connectivity index (χ0n) is 14.1. The summed E-state index contributed by atoms with van der Waals surface area (Å²) in [7, 11) is 3.98. The number of hydrogen-bond acceptors (Lipinski definition) is 5. The predicted molar refractivity (Wildman–Crippen MR) is 98.6 cm³/mol. The van der Waals surface area contributed by atoms with Gasteiger partial charge in [-0.1, -0.05) is 35.3 Å². The number of rotatable bonds is 7. The lowest BCUT2D eigenvalue weighted by Gasteiger charge is -2.24. The summed E-state index contributed by atoms with van der Waals surface area (Å²) in [5.41, 5.74) is 1.25. The summed E-state index contributed by atoms with van der Waals surface area (Å²) in [6.07, 6.45) is 1.37. The second kappa shape index (κ2) is 8.97. The number of likely N-dealkylation sites (N-methyl/N-ethyl adjacent to an activating group) is 1. The fourth-order valence-electron chi connectivity index (χ4n) is 2.22. The molecule has 0 fully saturated rings. The Morgan fingerprint density at radius 1 is 1.20 bits per heavy atom. The highest BCUT2D eigenvalue weighted by Gasteiger charge is 2.12. The zero-order valence-corrected chi connectivity index (χ0v) is 15.6. The first-order valence-electron chi connectivity index (χ1n) is 7.68. The van der Waals surface area contributed by atoms with Crippen LogP contribution in [0.25, 0.3) is 0 Å². The van der Waals surface area contributed by atoms with E-state index in [4.69, 9.17) is 28.5 Å². The van der Waals surface area contributed by atoms with Crippen LogP contribution in [0.3, 0.4) is 0 Å². The van der Waals surface area contributed by atoms with Crippen LogP contribution in [-0.2, 0) is 13.2 Å². The van der Waals surface area contributed by atoms with Gasteiger partial charge < -0.3 is 4.90 Å². The molecule has 2 aromatic rings. The van der Waals surface area contributed by atoms with E-state index in [0.717, 1.165) is 18.7 Å². The van der Waals surface area contributed by atoms with Gasteiger partial charge in [-0.2, -0.15) is 10.4 Å². The highest BCUT2D eigenvalue weighted by molar-refractivity contribution is 6.41. The van der Waals surface area contributed by atoms with E-state index in [9.17, 15) is 4.79 Å². The van der Waals surface area contributed by atoms with Crippen molar-refractivity contribution in [2.24, 2.45) is 0 Å². The lowest BCUT2D eigenvalue weighted by Crippen LogP contribution is -2.37. The Balaban J connectivity index is 2.19. The molecular formula is C17H19Cl2N5O. The van der Waals surface area contributed by atoms with Gasteiger partial charge in [0.25, 0.3) is 5.56 Å². The first kappa shape index (κ1) is 19.4. The van der Waals surface area contributed by atoms with Gasteiger partial charge >= 0.3 is 0 Å². The minimum Gasteiger partial charge on any atom is -0.308 e. The van der Waals surface area contributed by atoms with Crippen LogP contribution >= 0.6 is 23.2 Å². The van der Waals surface area contributed by atoms with Crippen LogP contribution in [0.5, 0.6) is 0 Å². The lowest BCUT2D eigenvalue weighted by atomic mass is 10.1. The Kier molecular flexibility index (Phi) is 6.97. The Morgan fingerprint density at radius 2 is 1.88 bits per heavy atom. The predicted octanol–water partition coefficient (Wildman–Crippen LogP) is 2.44. The smallest absolute Gasteiger partial charge is 0.288 e. The van der Waals surface area contributed by atoms with Crippen LogP contribution in [0.1, 0.15) is 11.1 Å². The summed E-state index contributed by atoms with van der Waals surface area (Å²) in [6.45, 7) is 2.48. The average Bonchev–Trinajstić information content (AvgIpc) is 2.60. The molecule has 1 aromatic heterocycles. The van der Waals surface area contributed by atoms with Crippen molar-refractivity contribution < 1.29 is 0 Å². The zero-order chi connectivity index (χ0) is 18.4. The standard InChI is InChI=1S/C17H19Cl2N5O/c1-22(2)7-8-23(11-14-5-3-13(9-20)4-6-14)12-24-17(25)16(19)15(18)10-21-24/h3-6,10H,7-8,11-12H2,1-2H3. The first-order chi connectivity index (χ1) is 11.9. The molecular weight excluding hydrogens is 361 g/mol. The fraction of sp³-hybridized carbons (Fsp3) is 0.353. The van der Waals surface area contributed by atoms with Gasteiger partial charge in [0.15, 0.2) is 0 Å². The number of halogens is 2. The third kappa shape index (κ3) is 5.55. The maximum absolute atomic E-state index is 12.2. The maximum atomic E-state index is 12.2. The molecule has 2 rings (SSSR count). The molecule has 6 nitrogen and oxygen atoms in total. The molecule has 0 aliphatic carbocycles. The Hall–Kier alpha value is -1.91. The van der Waals surface area contributed by atoms with Crippen molar-refractivity contribution in [2.75, 3.05) is 27.2 Å². The Labute approximate surface area is 156 Å². The molecule has 0 saturated heterocycles. The van der Waals surface area contributed by atoms with Crippen molar-refractivity contribution in [1.29, 1.82) is 5.26 Å². The quantitative estimate of drug-likeness (QED) is 0.738. The van der Waals surface area contributed by atoms with Crippen molar-refractivity contribution in [3.63, 3.8) is 0 Å². The third-order valence-corrected chi connectivity index (χ3v) is 4.38. The first-order valence-corrected chi connectivity index (χ1v) is 8.43. The second-order valence-corrected chi connectivity index (χ2v) is 6.70. The topological polar surface area (TPSA) is 65.2 Å². The van der Waals surface area contributed by atoms with E-state index in [2.05, 4.69) is 21.0 Å². The number of nitrogens with zero attached hydrogens (tertiary/aromatic N) is 5. The van der Waals surface area contributed by atoms with Gasteiger partial charge in [-0.15, -0.1) is 0 Å². The summed E-state index contributed by atoms with van der Waals surface area (Å²) in [4.78, 5) is 16.4. The molecule has 0 aliphatic heterocycles. The van der Waals surface area contributed by atoms with Crippen molar-refractivity contribution in [2.45, 2.75) is 13.2 Å². The molecule has 0 amide bonds. The maximum Gasteiger partial charge on any atom is 0.288 e. The van der Waals surface area contributed by atoms with E-state index < -0.39 is 5.56 Å². The molecule has 132 valence electrons. The molecule has 0 bridgehead atoms. The van der Waals surface area contributed by atoms with Gasteiger partial charge in [0, 0.05) is 19.6 Å². The molecule has 1 heterocycles. The number of benzene rings is 1. The number of hydrogen-bond donors (Lipinski definition) is 0. The molecule has 0 spiro atoms. The van der Waals surface area contributed by atoms with Gasteiger partial charge in [0.1, 0.15) is 5.02 Å². The molecule has 8 heteroatoms. The van der Waals surface area contributed by atoms with E-state index in [1.165, 1.54) is 10.9 Å². The summed E-state index contributed by atoms with van der Waals surface area (Å²) in [5.74, 6) is 0. The van der Waals surface area contributed by atoms with Crippen LogP contribution < -0.4 is 5.56 Å². The van der Waals surface area contributed by atoms with E-state index in [1.54, 1.807) is 12.1 Å². The summed E-state index contributed by atoms with van der Waals surface area (Å²) >= 11 is 11.8. The van der Waals surface area contributed by atoms with E-state index in [1.807, 2.05) is 26.2 Å². The Bertz CT molecular complexity index is 811. The SMILES string of the molecule is CN(C)CCN(Cc1ccc(C#N)cc1)Cn1ncc(Cl)c(Cl)c1=O. The average molecular weight is 380 g/mol. The summed E-state index contributed by atoms with van der Waals surface area (Å²) < 4.78 is 1.30. The fourth-order valence-corrected chi connectivity index (χ4v) is 2.49. The van der Waals surface area contributed by atoms with Gasteiger partial charge in [0.05, 0.1) is 29.5 Å². The monoisotopic (exact) mass is 379 g/mol. The van der Waals surface area contributed by atoms with Gasteiger partial charge in [-0.3, -0.25) is 9.69 Å². The van der Waals surface area contributed by atoms with Crippen LogP contribution in [0.4, 0.5) is 0 Å². The summed E-state index contributed by atoms with van der Waals surface area (Å²) in [5, 5.41) is 13.1. The molecule has 25 heavy (non-hydrogen) atoms. The molecule has 0 saturated carbocycles. The molecule has 0 radical (unpaired) electrons. The minimum absolute atomic E-state index is 0.0254. The van der Waals surface area contributed by atoms with Crippen LogP contribution in [0.15, 0.2) is 35.3 Å². The van der Waals surface area contributed by atoms with Gasteiger partial charge in [-0.05, 0) is 31.8 Å². The molecule has 0 unspecified atom stereocenters. The van der Waals surface area contributed by atoms with Crippen molar-refractivity contribution in [1.82, 2.24) is 19.6 Å². The highest BCUT2D eigenvalue weighted by atomic mass is 35.5. The largest absolute Gasteiger partial charge is 0.308 e. The van der Waals surface area contributed by atoms with Crippen LogP contribution in [0, 0.1) is 11.3 Å². The normalized spacial score (nSPS) is 11.1. The Morgan fingerprint density at radius 3 is 2.48 bits per heavy atom. The van der Waals surface area contributed by atoms with E-state index >= 15 is 0 Å². The van der Waals surface area contributed by atoms with E-state index in [0.29, 0.717) is 18.8 Å². The van der Waals surface area contributed by atoms with Crippen molar-refractivity contribution in [3.8, 4) is 6.07 Å². The number of nitriles is 1. The van der Waals surface area contributed by atoms with E-state index in [-0.39, 0.29) is 10.0 Å². The minimum atomic E-state index is -0.413. The van der Waals surface area contributed by atoms with Crippen LogP contribution in [-0.4, -0.2) is 46.8 Å².